The number of benzene rings is 1. The van der Waals surface area contributed by atoms with Gasteiger partial charge in [-0.15, -0.1) is 0 Å². The van der Waals surface area contributed by atoms with Gasteiger partial charge >= 0.3 is 23.9 Å². The molecule has 2 aliphatic rings. The Morgan fingerprint density at radius 1 is 0.851 bits per heavy atom. The third-order valence-electron chi connectivity index (χ3n) is 8.46. The molecular formula is C35H42O12. The Labute approximate surface area is 273 Å². The van der Waals surface area contributed by atoms with Gasteiger partial charge in [-0.05, 0) is 45.2 Å². The molecule has 2 aliphatic carbocycles. The predicted octanol–water partition coefficient (Wildman–Crippen LogP) is 3.28. The zero-order chi connectivity index (χ0) is 35.4. The lowest BCUT2D eigenvalue weighted by Gasteiger charge is -2.41. The van der Waals surface area contributed by atoms with Crippen LogP contribution in [0.4, 0.5) is 0 Å². The fourth-order valence-corrected chi connectivity index (χ4v) is 6.20. The standard InChI is InChI=1S/C35H42O12/c1-18-14-15-34(7,8)32(41)30(45-23(6)38)29(47-33(42)24-12-10-9-11-13-24)21(4)28(44-22(5)37)26-27(46-25(39)16-20(3)36)19(2)17-35(26,43)31(18)40/h9-15,18-19,26-30,43H,4,16-17H2,1-3,5-8H3/b15-14+/t18-,19-,26+,27-,28-,29-,30+,35+/m0/s1. The van der Waals surface area contributed by atoms with Gasteiger partial charge in [-0.3, -0.25) is 28.8 Å². The largest absolute Gasteiger partial charge is 0.461 e. The number of fused-ring (bicyclic) bond motifs is 1. The fourth-order valence-electron chi connectivity index (χ4n) is 6.20. The number of carbonyl (C=O) groups is 7. The highest BCUT2D eigenvalue weighted by Crippen LogP contribution is 2.49. The molecule has 8 atom stereocenters. The molecule has 47 heavy (non-hydrogen) atoms. The summed E-state index contributed by atoms with van der Waals surface area (Å²) in [7, 11) is 0. The molecule has 0 unspecified atom stereocenters. The number of ether oxygens (including phenoxy) is 4. The first kappa shape index (κ1) is 37.0. The van der Waals surface area contributed by atoms with Crippen molar-refractivity contribution in [3.05, 3.63) is 60.2 Å². The minimum atomic E-state index is -2.31. The summed E-state index contributed by atoms with van der Waals surface area (Å²) in [6.45, 7) is 13.4. The zero-order valence-electron chi connectivity index (χ0n) is 27.6. The van der Waals surface area contributed by atoms with Crippen LogP contribution in [0.1, 0.15) is 71.7 Å². The van der Waals surface area contributed by atoms with E-state index in [0.717, 1.165) is 13.8 Å². The summed E-state index contributed by atoms with van der Waals surface area (Å²) in [6, 6.07) is 7.70. The van der Waals surface area contributed by atoms with Gasteiger partial charge in [0.25, 0.3) is 0 Å². The van der Waals surface area contributed by atoms with Gasteiger partial charge in [0.2, 0.25) is 6.10 Å². The lowest BCUT2D eigenvalue weighted by Crippen LogP contribution is -2.56. The van der Waals surface area contributed by atoms with E-state index >= 15 is 0 Å². The predicted molar refractivity (Wildman–Crippen MR) is 165 cm³/mol. The van der Waals surface area contributed by atoms with Crippen molar-refractivity contribution in [3.8, 4) is 0 Å². The van der Waals surface area contributed by atoms with Gasteiger partial charge in [0.1, 0.15) is 30.0 Å². The van der Waals surface area contributed by atoms with Crippen molar-refractivity contribution < 1.29 is 57.6 Å². The maximum absolute atomic E-state index is 14.2. The van der Waals surface area contributed by atoms with E-state index in [2.05, 4.69) is 6.58 Å². The lowest BCUT2D eigenvalue weighted by molar-refractivity contribution is -0.175. The van der Waals surface area contributed by atoms with Gasteiger partial charge in [-0.25, -0.2) is 4.79 Å². The van der Waals surface area contributed by atoms with E-state index < -0.39 is 101 Å². The molecule has 0 aliphatic heterocycles. The van der Waals surface area contributed by atoms with E-state index in [9.17, 15) is 38.7 Å². The van der Waals surface area contributed by atoms with E-state index in [1.807, 2.05) is 0 Å². The zero-order valence-corrected chi connectivity index (χ0v) is 27.6. The van der Waals surface area contributed by atoms with Crippen LogP contribution in [0.2, 0.25) is 0 Å². The maximum atomic E-state index is 14.2. The Morgan fingerprint density at radius 3 is 1.98 bits per heavy atom. The molecule has 1 aromatic rings. The van der Waals surface area contributed by atoms with Gasteiger partial charge in [0.15, 0.2) is 17.7 Å². The molecule has 0 radical (unpaired) electrons. The highest BCUT2D eigenvalue weighted by molar-refractivity contribution is 5.96. The van der Waals surface area contributed by atoms with Gasteiger partial charge in [0, 0.05) is 30.8 Å². The summed E-state index contributed by atoms with van der Waals surface area (Å²) in [5, 5.41) is 12.3. The van der Waals surface area contributed by atoms with Crippen molar-refractivity contribution in [2.24, 2.45) is 23.2 Å². The van der Waals surface area contributed by atoms with Crippen LogP contribution >= 0.6 is 0 Å². The molecule has 1 saturated carbocycles. The van der Waals surface area contributed by atoms with E-state index in [4.69, 9.17) is 18.9 Å². The van der Waals surface area contributed by atoms with Crippen molar-refractivity contribution in [3.63, 3.8) is 0 Å². The Balaban J connectivity index is 2.35. The van der Waals surface area contributed by atoms with Crippen molar-refractivity contribution in [1.82, 2.24) is 0 Å². The number of carbonyl (C=O) groups excluding carboxylic acids is 7. The van der Waals surface area contributed by atoms with Crippen LogP contribution in [-0.4, -0.2) is 76.4 Å². The van der Waals surface area contributed by atoms with Gasteiger partial charge in [-0.1, -0.05) is 50.8 Å². The summed E-state index contributed by atoms with van der Waals surface area (Å²) in [5.41, 5.74) is -3.99. The van der Waals surface area contributed by atoms with Crippen LogP contribution < -0.4 is 0 Å². The number of hydrogen-bond acceptors (Lipinski definition) is 12. The summed E-state index contributed by atoms with van der Waals surface area (Å²) < 4.78 is 22.7. The summed E-state index contributed by atoms with van der Waals surface area (Å²) in [5.74, 6) is -8.94. The number of hydrogen-bond donors (Lipinski definition) is 1. The highest BCUT2D eigenvalue weighted by Gasteiger charge is 2.63. The average molecular weight is 655 g/mol. The second-order valence-electron chi connectivity index (χ2n) is 12.9. The number of aliphatic hydroxyl groups is 1. The van der Waals surface area contributed by atoms with E-state index in [1.54, 1.807) is 25.1 Å². The van der Waals surface area contributed by atoms with Crippen molar-refractivity contribution >= 4 is 41.2 Å². The highest BCUT2D eigenvalue weighted by atomic mass is 16.6. The second kappa shape index (κ2) is 14.5. The second-order valence-corrected chi connectivity index (χ2v) is 12.9. The molecule has 0 aromatic heterocycles. The molecule has 12 heteroatoms. The minimum absolute atomic E-state index is 0.0645. The van der Waals surface area contributed by atoms with E-state index in [0.29, 0.717) is 0 Å². The minimum Gasteiger partial charge on any atom is -0.461 e. The lowest BCUT2D eigenvalue weighted by atomic mass is 9.72. The molecule has 1 fully saturated rings. The molecule has 3 rings (SSSR count). The molecule has 0 bridgehead atoms. The summed E-state index contributed by atoms with van der Waals surface area (Å²) in [6.07, 6.45) is -4.71. The van der Waals surface area contributed by atoms with Crippen LogP contribution in [0, 0.1) is 23.2 Å². The van der Waals surface area contributed by atoms with E-state index in [1.165, 1.54) is 52.0 Å². The quantitative estimate of drug-likeness (QED) is 0.197. The van der Waals surface area contributed by atoms with Crippen LogP contribution in [0.3, 0.4) is 0 Å². The Hall–Kier alpha value is -4.45. The molecule has 0 saturated heterocycles. The third kappa shape index (κ3) is 8.29. The number of allylic oxidation sites excluding steroid dienone is 2. The van der Waals surface area contributed by atoms with Crippen molar-refractivity contribution in [1.29, 1.82) is 0 Å². The van der Waals surface area contributed by atoms with Crippen molar-refractivity contribution in [2.45, 2.75) is 91.3 Å². The smallest absolute Gasteiger partial charge is 0.338 e. The van der Waals surface area contributed by atoms with Crippen LogP contribution in [-0.2, 0) is 47.7 Å². The Morgan fingerprint density at radius 2 is 1.43 bits per heavy atom. The normalized spacial score (nSPS) is 31.3. The Bertz CT molecular complexity index is 1470. The van der Waals surface area contributed by atoms with Crippen LogP contribution in [0.15, 0.2) is 54.6 Å². The van der Waals surface area contributed by atoms with Crippen LogP contribution in [0.5, 0.6) is 0 Å². The average Bonchev–Trinajstić information content (AvgIpc) is 3.23. The molecule has 12 nitrogen and oxygen atoms in total. The van der Waals surface area contributed by atoms with Crippen LogP contribution in [0.25, 0.3) is 0 Å². The van der Waals surface area contributed by atoms with E-state index in [-0.39, 0.29) is 17.6 Å². The fraction of sp³-hybridized carbons (Fsp3) is 0.514. The molecule has 254 valence electrons. The first-order valence-electron chi connectivity index (χ1n) is 15.3. The maximum Gasteiger partial charge on any atom is 0.338 e. The van der Waals surface area contributed by atoms with Gasteiger partial charge < -0.3 is 24.1 Å². The van der Waals surface area contributed by atoms with Crippen molar-refractivity contribution in [2.75, 3.05) is 0 Å². The SMILES string of the molecule is C=C1[C@H](OC(C)=O)[C@H]2[C@@H](OC(=O)CC(C)=O)[C@@H](C)C[C@]2(O)C(=O)[C@@H](C)/C=C/C(C)(C)C(=O)[C@H](OC(C)=O)[C@H]1OC(=O)c1ccccc1. The first-order valence-corrected chi connectivity index (χ1v) is 15.3. The molecule has 1 N–H and O–H groups in total. The van der Waals surface area contributed by atoms with Gasteiger partial charge in [-0.2, -0.15) is 0 Å². The van der Waals surface area contributed by atoms with Gasteiger partial charge in [0.05, 0.1) is 11.5 Å². The number of rotatable bonds is 7. The number of esters is 4. The third-order valence-corrected chi connectivity index (χ3v) is 8.46. The number of Topliss-reactive ketones (excluding diaryl/α,β-unsaturated/α-hetero) is 3. The first-order chi connectivity index (χ1) is 21.8. The summed E-state index contributed by atoms with van der Waals surface area (Å²) in [4.78, 5) is 91.3. The molecular weight excluding hydrogens is 612 g/mol. The Kier molecular flexibility index (Phi) is 11.4. The molecule has 0 amide bonds. The summed E-state index contributed by atoms with van der Waals surface area (Å²) >= 11 is 0. The molecule has 0 spiro atoms. The monoisotopic (exact) mass is 654 g/mol. The topological polar surface area (TPSA) is 177 Å². The molecule has 1 aromatic carbocycles. The number of ketones is 3. The molecule has 0 heterocycles.